The maximum atomic E-state index is 3.29. The van der Waals surface area contributed by atoms with Crippen LogP contribution in [0.3, 0.4) is 0 Å². The normalized spacial score (nSPS) is 30.4. The van der Waals surface area contributed by atoms with E-state index in [0.717, 1.165) is 12.8 Å². The number of hydrogen-bond donors (Lipinski definition) is 0. The fraction of sp³-hybridized carbons (Fsp3) is 0.200. The summed E-state index contributed by atoms with van der Waals surface area (Å²) < 4.78 is 0. The van der Waals surface area contributed by atoms with Crippen LogP contribution in [0.2, 0.25) is 0 Å². The Balaban J connectivity index is 2.52. The molecule has 1 aliphatic rings. The summed E-state index contributed by atoms with van der Waals surface area (Å²) in [7, 11) is 0. The number of rotatable bonds is 0. The van der Waals surface area contributed by atoms with Gasteiger partial charge in [-0.05, 0) is 31.8 Å². The molecule has 0 saturated heterocycles. The van der Waals surface area contributed by atoms with E-state index in [1.54, 1.807) is 0 Å². The second-order valence-electron chi connectivity index (χ2n) is 4.35. The summed E-state index contributed by atoms with van der Waals surface area (Å²) in [5.74, 6) is 0. The van der Waals surface area contributed by atoms with Crippen LogP contribution >= 0.6 is 0 Å². The summed E-state index contributed by atoms with van der Waals surface area (Å²) in [6.07, 6.45) is 38.5. The molecule has 0 nitrogen and oxygen atoms in total. The molecule has 20 heavy (non-hydrogen) atoms. The molecule has 0 aromatic heterocycles. The van der Waals surface area contributed by atoms with Crippen LogP contribution in [0.15, 0.2) is 91.1 Å². The van der Waals surface area contributed by atoms with Gasteiger partial charge in [0.1, 0.15) is 0 Å². The fourth-order valence-corrected chi connectivity index (χ4v) is 1.58. The van der Waals surface area contributed by atoms with Gasteiger partial charge in [0, 0.05) is 0 Å². The summed E-state index contributed by atoms with van der Waals surface area (Å²) >= 11 is 0. The predicted octanol–water partition coefficient (Wildman–Crippen LogP) is 5.81. The van der Waals surface area contributed by atoms with E-state index in [2.05, 4.69) is 24.3 Å². The minimum atomic E-state index is 1.03. The van der Waals surface area contributed by atoms with E-state index in [9.17, 15) is 0 Å². The zero-order valence-corrected chi connectivity index (χ0v) is 12.0. The van der Waals surface area contributed by atoms with Crippen molar-refractivity contribution in [1.29, 1.82) is 0 Å². The Labute approximate surface area is 123 Å². The molecule has 1 radical (unpaired) electrons. The van der Waals surface area contributed by atoms with Crippen LogP contribution in [-0.4, -0.2) is 0 Å². The summed E-state index contributed by atoms with van der Waals surface area (Å²) in [6.45, 7) is 0. The van der Waals surface area contributed by atoms with E-state index >= 15 is 0 Å². The SMILES string of the molecule is [C]1=C/C=C\C=C\C=C\C=C\C=C/C=C/C=C/CCCC/1. The average molecular weight is 263 g/mol. The Morgan fingerprint density at radius 3 is 1.60 bits per heavy atom. The molecule has 1 rings (SSSR count). The largest absolute Gasteiger partial charge is 0.0845 e. The molecule has 0 aliphatic heterocycles. The Hall–Kier alpha value is -2.08. The van der Waals surface area contributed by atoms with Crippen LogP contribution in [-0.2, 0) is 0 Å². The van der Waals surface area contributed by atoms with Gasteiger partial charge in [0.05, 0.1) is 0 Å². The molecule has 0 N–H and O–H groups in total. The predicted molar refractivity (Wildman–Crippen MR) is 90.3 cm³/mol. The maximum Gasteiger partial charge on any atom is -0.0276 e. The Kier molecular flexibility index (Phi) is 10.7. The Bertz CT molecular complexity index is 404. The highest BCUT2D eigenvalue weighted by atomic mass is 13.9. The van der Waals surface area contributed by atoms with Crippen LogP contribution < -0.4 is 0 Å². The second-order valence-corrected chi connectivity index (χ2v) is 4.35. The van der Waals surface area contributed by atoms with Gasteiger partial charge in [-0.15, -0.1) is 0 Å². The molecule has 0 aromatic carbocycles. The minimum Gasteiger partial charge on any atom is -0.0845 e. The lowest BCUT2D eigenvalue weighted by molar-refractivity contribution is 0.754. The van der Waals surface area contributed by atoms with Gasteiger partial charge in [-0.3, -0.25) is 0 Å². The van der Waals surface area contributed by atoms with Crippen molar-refractivity contribution in [2.24, 2.45) is 0 Å². The topological polar surface area (TPSA) is 0 Å². The zero-order valence-electron chi connectivity index (χ0n) is 12.0. The van der Waals surface area contributed by atoms with Gasteiger partial charge in [-0.2, -0.15) is 0 Å². The summed E-state index contributed by atoms with van der Waals surface area (Å²) in [5.41, 5.74) is 0. The van der Waals surface area contributed by atoms with Crippen molar-refractivity contribution in [2.45, 2.75) is 25.7 Å². The molecule has 0 bridgehead atoms. The molecule has 0 aromatic rings. The van der Waals surface area contributed by atoms with Crippen LogP contribution in [0.4, 0.5) is 0 Å². The van der Waals surface area contributed by atoms with Gasteiger partial charge < -0.3 is 0 Å². The average Bonchev–Trinajstić information content (AvgIpc) is 2.46. The maximum absolute atomic E-state index is 3.29. The lowest BCUT2D eigenvalue weighted by Crippen LogP contribution is -1.72. The Morgan fingerprint density at radius 1 is 0.500 bits per heavy atom. The third-order valence-electron chi connectivity index (χ3n) is 2.63. The number of allylic oxidation sites excluding steroid dienone is 16. The van der Waals surface area contributed by atoms with Gasteiger partial charge in [-0.25, -0.2) is 0 Å². The van der Waals surface area contributed by atoms with E-state index < -0.39 is 0 Å². The quantitative estimate of drug-likeness (QED) is 0.517. The molecular formula is C20H23. The standard InChI is InChI=1S/C20H23/c1-2-4-6-8-10-12-14-16-18-20-19-17-15-13-11-9-7-5-3-1/h1-15H,16,18-20H2/b2-1+,5-3+,6-4-,9-7+,10-8+,13-11-,14-12+,17-15?. The van der Waals surface area contributed by atoms with Crippen molar-refractivity contribution in [2.75, 3.05) is 0 Å². The minimum absolute atomic E-state index is 1.03. The Morgan fingerprint density at radius 2 is 1.00 bits per heavy atom. The first-order valence-electron chi connectivity index (χ1n) is 7.22. The molecule has 0 spiro atoms. The first-order chi connectivity index (χ1) is 10.0. The van der Waals surface area contributed by atoms with E-state index in [-0.39, 0.29) is 0 Å². The highest BCUT2D eigenvalue weighted by Gasteiger charge is 1.82. The molecule has 0 atom stereocenters. The van der Waals surface area contributed by atoms with Gasteiger partial charge in [-0.1, -0.05) is 91.1 Å². The molecule has 103 valence electrons. The smallest absolute Gasteiger partial charge is 0.0276 e. The van der Waals surface area contributed by atoms with E-state index in [1.807, 2.05) is 72.9 Å². The molecule has 1 aliphatic carbocycles. The van der Waals surface area contributed by atoms with Crippen molar-refractivity contribution in [3.05, 3.63) is 97.2 Å². The van der Waals surface area contributed by atoms with E-state index in [0.29, 0.717) is 0 Å². The van der Waals surface area contributed by atoms with Crippen LogP contribution in [0.25, 0.3) is 0 Å². The second kappa shape index (κ2) is 13.4. The summed E-state index contributed by atoms with van der Waals surface area (Å²) in [5, 5.41) is 0. The van der Waals surface area contributed by atoms with Crippen molar-refractivity contribution in [3.8, 4) is 0 Å². The molecule has 0 unspecified atom stereocenters. The first kappa shape index (κ1) is 16.0. The van der Waals surface area contributed by atoms with Crippen LogP contribution in [0.1, 0.15) is 25.7 Å². The van der Waals surface area contributed by atoms with Crippen molar-refractivity contribution in [3.63, 3.8) is 0 Å². The monoisotopic (exact) mass is 263 g/mol. The van der Waals surface area contributed by atoms with Crippen molar-refractivity contribution < 1.29 is 0 Å². The third kappa shape index (κ3) is 11.0. The number of hydrogen-bond acceptors (Lipinski definition) is 0. The van der Waals surface area contributed by atoms with Gasteiger partial charge in [0.15, 0.2) is 0 Å². The van der Waals surface area contributed by atoms with Gasteiger partial charge in [0.2, 0.25) is 0 Å². The molecular weight excluding hydrogens is 240 g/mol. The van der Waals surface area contributed by atoms with Crippen molar-refractivity contribution in [1.82, 2.24) is 0 Å². The fourth-order valence-electron chi connectivity index (χ4n) is 1.58. The molecule has 0 amide bonds. The van der Waals surface area contributed by atoms with Crippen LogP contribution in [0.5, 0.6) is 0 Å². The third-order valence-corrected chi connectivity index (χ3v) is 2.63. The van der Waals surface area contributed by atoms with Crippen molar-refractivity contribution >= 4 is 0 Å². The molecule has 0 saturated carbocycles. The van der Waals surface area contributed by atoms with E-state index in [1.165, 1.54) is 12.8 Å². The summed E-state index contributed by atoms with van der Waals surface area (Å²) in [4.78, 5) is 0. The van der Waals surface area contributed by atoms with E-state index in [4.69, 9.17) is 0 Å². The highest BCUT2D eigenvalue weighted by molar-refractivity contribution is 5.21. The van der Waals surface area contributed by atoms with Gasteiger partial charge >= 0.3 is 0 Å². The van der Waals surface area contributed by atoms with Gasteiger partial charge in [0.25, 0.3) is 0 Å². The lowest BCUT2D eigenvalue weighted by Gasteiger charge is -1.91. The molecule has 0 heteroatoms. The summed E-state index contributed by atoms with van der Waals surface area (Å²) in [6, 6.07) is 0. The highest BCUT2D eigenvalue weighted by Crippen LogP contribution is 2.01. The van der Waals surface area contributed by atoms with Crippen LogP contribution in [0, 0.1) is 6.08 Å². The first-order valence-corrected chi connectivity index (χ1v) is 7.22. The lowest BCUT2D eigenvalue weighted by atomic mass is 10.2. The molecule has 0 heterocycles. The zero-order chi connectivity index (χ0) is 14.1. The molecule has 0 fully saturated rings.